The van der Waals surface area contributed by atoms with Crippen molar-refractivity contribution >= 4 is 22.6 Å². The number of rotatable bonds is 3. The second-order valence-electron chi connectivity index (χ2n) is 1.91. The second kappa shape index (κ2) is 4.35. The molecule has 5 heteroatoms. The van der Waals surface area contributed by atoms with Crippen molar-refractivity contribution < 1.29 is 17.6 Å². The molecule has 0 aromatic rings. The van der Waals surface area contributed by atoms with E-state index in [0.717, 1.165) is 0 Å². The molecule has 0 heterocycles. The number of alkyl halides is 5. The van der Waals surface area contributed by atoms with Crippen LogP contribution in [0.4, 0.5) is 17.6 Å². The van der Waals surface area contributed by atoms with Crippen LogP contribution < -0.4 is 0 Å². The van der Waals surface area contributed by atoms with Crippen LogP contribution >= 0.6 is 22.6 Å². The molecule has 0 amide bonds. The molecule has 0 bridgehead atoms. The molecule has 0 saturated heterocycles. The first-order valence-electron chi connectivity index (χ1n) is 2.72. The Morgan fingerprint density at radius 1 is 1.30 bits per heavy atom. The maximum absolute atomic E-state index is 12.2. The molecule has 62 valence electrons. The molecule has 0 aliphatic carbocycles. The molecule has 0 nitrogen and oxygen atoms in total. The summed E-state index contributed by atoms with van der Waals surface area (Å²) in [5, 5.41) is 0. The summed E-state index contributed by atoms with van der Waals surface area (Å²) in [6.45, 7) is 0. The molecule has 0 fully saturated rings. The molecule has 0 aromatic heterocycles. The lowest BCUT2D eigenvalue weighted by molar-refractivity contribution is -0.137. The lowest BCUT2D eigenvalue weighted by Gasteiger charge is -2.06. The number of hydrogen-bond acceptors (Lipinski definition) is 0. The molecule has 0 spiro atoms. The first-order chi connectivity index (χ1) is 4.45. The minimum absolute atomic E-state index is 0.133. The Kier molecular flexibility index (Phi) is 4.55. The van der Waals surface area contributed by atoms with Gasteiger partial charge in [0.05, 0.1) is 0 Å². The fourth-order valence-corrected chi connectivity index (χ4v) is 0.838. The van der Waals surface area contributed by atoms with Crippen LogP contribution in [0.3, 0.4) is 0 Å². The minimum atomic E-state index is -4.21. The van der Waals surface area contributed by atoms with Gasteiger partial charge in [0.25, 0.3) is 0 Å². The second-order valence-corrected chi connectivity index (χ2v) is 2.79. The zero-order valence-corrected chi connectivity index (χ0v) is 7.25. The number of halogens is 5. The zero-order chi connectivity index (χ0) is 8.20. The first kappa shape index (κ1) is 10.4. The van der Waals surface area contributed by atoms with Gasteiger partial charge in [0.2, 0.25) is 0 Å². The van der Waals surface area contributed by atoms with Crippen molar-refractivity contribution in [2.75, 3.05) is 4.43 Å². The van der Waals surface area contributed by atoms with Crippen LogP contribution in [-0.4, -0.2) is 16.8 Å². The van der Waals surface area contributed by atoms with Gasteiger partial charge in [0.15, 0.2) is 0 Å². The fourth-order valence-electron chi connectivity index (χ4n) is 0.397. The molecule has 10 heavy (non-hydrogen) atoms. The maximum atomic E-state index is 12.2. The van der Waals surface area contributed by atoms with Gasteiger partial charge in [-0.3, -0.25) is 0 Å². The Morgan fingerprint density at radius 2 is 1.80 bits per heavy atom. The standard InChI is InChI=1S/C5H7F4I/c6-4(3-10)1-2-5(7,8)9/h4H,1-3H2. The summed E-state index contributed by atoms with van der Waals surface area (Å²) in [4.78, 5) is 0. The van der Waals surface area contributed by atoms with Crippen molar-refractivity contribution in [2.24, 2.45) is 0 Å². The van der Waals surface area contributed by atoms with Gasteiger partial charge in [0, 0.05) is 10.8 Å². The van der Waals surface area contributed by atoms with Crippen LogP contribution in [0.2, 0.25) is 0 Å². The molecule has 0 rings (SSSR count). The Labute approximate surface area is 70.1 Å². The predicted molar refractivity (Wildman–Crippen MR) is 39.1 cm³/mol. The van der Waals surface area contributed by atoms with Gasteiger partial charge in [-0.05, 0) is 6.42 Å². The van der Waals surface area contributed by atoms with Crippen molar-refractivity contribution in [3.05, 3.63) is 0 Å². The van der Waals surface area contributed by atoms with Crippen molar-refractivity contribution in [1.29, 1.82) is 0 Å². The number of hydrogen-bond donors (Lipinski definition) is 0. The Bertz CT molecular complexity index is 90.1. The van der Waals surface area contributed by atoms with E-state index < -0.39 is 25.2 Å². The summed E-state index contributed by atoms with van der Waals surface area (Å²) in [7, 11) is 0. The van der Waals surface area contributed by atoms with E-state index in [1.54, 1.807) is 22.6 Å². The van der Waals surface area contributed by atoms with Crippen LogP contribution in [0.1, 0.15) is 12.8 Å². The monoisotopic (exact) mass is 270 g/mol. The lowest BCUT2D eigenvalue weighted by atomic mass is 10.2. The third-order valence-electron chi connectivity index (χ3n) is 0.908. The average molecular weight is 270 g/mol. The highest BCUT2D eigenvalue weighted by molar-refractivity contribution is 14.1. The summed E-state index contributed by atoms with van der Waals surface area (Å²) in [6.07, 6.45) is -6.96. The molecule has 1 unspecified atom stereocenters. The van der Waals surface area contributed by atoms with Crippen LogP contribution in [-0.2, 0) is 0 Å². The van der Waals surface area contributed by atoms with E-state index in [-0.39, 0.29) is 4.43 Å². The van der Waals surface area contributed by atoms with E-state index in [1.807, 2.05) is 0 Å². The van der Waals surface area contributed by atoms with Crippen molar-refractivity contribution in [1.82, 2.24) is 0 Å². The summed E-state index contributed by atoms with van der Waals surface area (Å²) in [5.41, 5.74) is 0. The summed E-state index contributed by atoms with van der Waals surface area (Å²) in [5.74, 6) is 0. The maximum Gasteiger partial charge on any atom is 0.389 e. The van der Waals surface area contributed by atoms with Gasteiger partial charge in [0.1, 0.15) is 6.17 Å². The smallest absolute Gasteiger partial charge is 0.247 e. The molecule has 0 aliphatic rings. The van der Waals surface area contributed by atoms with Gasteiger partial charge in [-0.15, -0.1) is 0 Å². The van der Waals surface area contributed by atoms with Crippen molar-refractivity contribution in [3.63, 3.8) is 0 Å². The molecule has 0 saturated carbocycles. The molecule has 1 atom stereocenters. The van der Waals surface area contributed by atoms with E-state index in [9.17, 15) is 17.6 Å². The van der Waals surface area contributed by atoms with E-state index in [4.69, 9.17) is 0 Å². The summed E-state index contributed by atoms with van der Waals surface area (Å²) < 4.78 is 46.4. The Morgan fingerprint density at radius 3 is 2.10 bits per heavy atom. The van der Waals surface area contributed by atoms with Crippen LogP contribution in [0, 0.1) is 0 Å². The highest BCUT2D eigenvalue weighted by Crippen LogP contribution is 2.23. The Hall–Kier alpha value is 0.450. The van der Waals surface area contributed by atoms with Gasteiger partial charge in [-0.1, -0.05) is 22.6 Å². The van der Waals surface area contributed by atoms with Gasteiger partial charge in [-0.25, -0.2) is 4.39 Å². The molecule has 0 radical (unpaired) electrons. The van der Waals surface area contributed by atoms with Crippen LogP contribution in [0.15, 0.2) is 0 Å². The largest absolute Gasteiger partial charge is 0.389 e. The quantitative estimate of drug-likeness (QED) is 0.420. The average Bonchev–Trinajstić information content (AvgIpc) is 1.81. The molecule has 0 aromatic carbocycles. The SMILES string of the molecule is FC(CI)CCC(F)(F)F. The molecular weight excluding hydrogens is 263 g/mol. The third-order valence-corrected chi connectivity index (χ3v) is 1.86. The lowest BCUT2D eigenvalue weighted by Crippen LogP contribution is -2.11. The summed E-state index contributed by atoms with van der Waals surface area (Å²) in [6, 6.07) is 0. The highest BCUT2D eigenvalue weighted by Gasteiger charge is 2.27. The topological polar surface area (TPSA) is 0 Å². The fraction of sp³-hybridized carbons (Fsp3) is 1.00. The van der Waals surface area contributed by atoms with Crippen LogP contribution in [0.5, 0.6) is 0 Å². The van der Waals surface area contributed by atoms with E-state index in [0.29, 0.717) is 0 Å². The Balaban J connectivity index is 3.36. The van der Waals surface area contributed by atoms with E-state index in [1.165, 1.54) is 0 Å². The van der Waals surface area contributed by atoms with Gasteiger partial charge >= 0.3 is 6.18 Å². The van der Waals surface area contributed by atoms with E-state index in [2.05, 4.69) is 0 Å². The third kappa shape index (κ3) is 6.57. The molecule has 0 aliphatic heterocycles. The first-order valence-corrected chi connectivity index (χ1v) is 4.25. The van der Waals surface area contributed by atoms with Gasteiger partial charge in [-0.2, -0.15) is 13.2 Å². The minimum Gasteiger partial charge on any atom is -0.247 e. The van der Waals surface area contributed by atoms with Crippen LogP contribution in [0.25, 0.3) is 0 Å². The van der Waals surface area contributed by atoms with Crippen molar-refractivity contribution in [3.8, 4) is 0 Å². The molecular formula is C5H7F4I. The predicted octanol–water partition coefficient (Wildman–Crippen LogP) is 3.10. The zero-order valence-electron chi connectivity index (χ0n) is 5.09. The molecule has 0 N–H and O–H groups in total. The normalized spacial score (nSPS) is 15.3. The summed E-state index contributed by atoms with van der Waals surface area (Å²) >= 11 is 1.72. The van der Waals surface area contributed by atoms with E-state index >= 15 is 0 Å². The van der Waals surface area contributed by atoms with Gasteiger partial charge < -0.3 is 0 Å². The highest BCUT2D eigenvalue weighted by atomic mass is 127. The van der Waals surface area contributed by atoms with Crippen molar-refractivity contribution in [2.45, 2.75) is 25.2 Å².